The van der Waals surface area contributed by atoms with Crippen LogP contribution in [0, 0.1) is 5.82 Å². The first kappa shape index (κ1) is 11.0. The van der Waals surface area contributed by atoms with Crippen molar-refractivity contribution >= 4 is 17.7 Å². The van der Waals surface area contributed by atoms with E-state index in [4.69, 9.17) is 5.11 Å². The summed E-state index contributed by atoms with van der Waals surface area (Å²) in [6.07, 6.45) is 0. The number of benzene rings is 1. The molecule has 1 rings (SSSR count). The molecule has 1 unspecified atom stereocenters. The lowest BCUT2D eigenvalue weighted by atomic mass is 10.4. The normalized spacial score (nSPS) is 12.4. The Hall–Kier alpha value is -1.07. The van der Waals surface area contributed by atoms with E-state index < -0.39 is 11.3 Å². The third-order valence-corrected chi connectivity index (χ3v) is 2.77. The molecule has 0 spiro atoms. The fourth-order valence-corrected chi connectivity index (χ4v) is 1.67. The van der Waals surface area contributed by atoms with Gasteiger partial charge in [-0.2, -0.15) is 0 Å². The molecule has 1 aromatic rings. The second kappa shape index (κ2) is 4.97. The van der Waals surface area contributed by atoms with Crippen LogP contribution in [0.2, 0.25) is 0 Å². The summed E-state index contributed by atoms with van der Waals surface area (Å²) in [5, 5.41) is 10.7. The van der Waals surface area contributed by atoms with Crippen molar-refractivity contribution in [1.82, 2.24) is 5.32 Å². The molecular formula is C9H10FNO2S. The first-order chi connectivity index (χ1) is 6.63. The summed E-state index contributed by atoms with van der Waals surface area (Å²) in [5.74, 6) is -1.27. The molecule has 0 saturated heterocycles. The number of rotatable bonds is 4. The van der Waals surface area contributed by atoms with Gasteiger partial charge in [0.1, 0.15) is 5.82 Å². The zero-order valence-corrected chi connectivity index (χ0v) is 8.34. The number of aliphatic carboxylic acids is 1. The Kier molecular flexibility index (Phi) is 3.91. The number of hydrogen-bond acceptors (Lipinski definition) is 3. The molecule has 0 radical (unpaired) electrons. The van der Waals surface area contributed by atoms with Crippen molar-refractivity contribution in [3.8, 4) is 0 Å². The summed E-state index contributed by atoms with van der Waals surface area (Å²) < 4.78 is 12.5. The molecule has 0 aliphatic rings. The molecule has 0 fully saturated rings. The number of halogens is 1. The van der Waals surface area contributed by atoms with Crippen LogP contribution >= 0.6 is 11.8 Å². The fraction of sp³-hybridized carbons (Fsp3) is 0.222. The van der Waals surface area contributed by atoms with Gasteiger partial charge in [-0.1, -0.05) is 11.8 Å². The van der Waals surface area contributed by atoms with Crippen molar-refractivity contribution in [2.24, 2.45) is 0 Å². The summed E-state index contributed by atoms with van der Waals surface area (Å²) >= 11 is 1.13. The van der Waals surface area contributed by atoms with E-state index in [1.807, 2.05) is 0 Å². The Morgan fingerprint density at radius 3 is 2.50 bits per heavy atom. The zero-order valence-electron chi connectivity index (χ0n) is 7.53. The topological polar surface area (TPSA) is 49.3 Å². The Morgan fingerprint density at radius 1 is 1.50 bits per heavy atom. The van der Waals surface area contributed by atoms with Crippen LogP contribution in [-0.2, 0) is 4.79 Å². The van der Waals surface area contributed by atoms with E-state index >= 15 is 0 Å². The summed E-state index contributed by atoms with van der Waals surface area (Å²) in [6, 6.07) is 5.70. The van der Waals surface area contributed by atoms with Crippen molar-refractivity contribution in [2.45, 2.75) is 10.3 Å². The SMILES string of the molecule is CNC(Sc1ccc(F)cc1)C(=O)O. The highest BCUT2D eigenvalue weighted by Gasteiger charge is 2.15. The van der Waals surface area contributed by atoms with Gasteiger partial charge >= 0.3 is 5.97 Å². The molecule has 1 aromatic carbocycles. The number of likely N-dealkylation sites (N-methyl/N-ethyl adjacent to an activating group) is 1. The van der Waals surface area contributed by atoms with E-state index in [1.165, 1.54) is 12.1 Å². The standard InChI is InChI=1S/C9H10FNO2S/c1-11-8(9(12)13)14-7-4-2-6(10)3-5-7/h2-5,8,11H,1H3,(H,12,13). The second-order valence-electron chi connectivity index (χ2n) is 2.58. The zero-order chi connectivity index (χ0) is 10.6. The van der Waals surface area contributed by atoms with Crippen molar-refractivity contribution in [3.05, 3.63) is 30.1 Å². The minimum Gasteiger partial charge on any atom is -0.479 e. The first-order valence-electron chi connectivity index (χ1n) is 3.96. The van der Waals surface area contributed by atoms with Crippen LogP contribution in [0.25, 0.3) is 0 Å². The lowest BCUT2D eigenvalue weighted by molar-refractivity contribution is -0.136. The highest BCUT2D eigenvalue weighted by Crippen LogP contribution is 2.21. The van der Waals surface area contributed by atoms with Gasteiger partial charge in [-0.25, -0.2) is 9.18 Å². The maximum absolute atomic E-state index is 12.5. The molecule has 14 heavy (non-hydrogen) atoms. The lowest BCUT2D eigenvalue weighted by Crippen LogP contribution is -2.30. The van der Waals surface area contributed by atoms with E-state index in [1.54, 1.807) is 19.2 Å². The molecule has 2 N–H and O–H groups in total. The Labute approximate surface area is 85.3 Å². The predicted molar refractivity (Wildman–Crippen MR) is 52.7 cm³/mol. The van der Waals surface area contributed by atoms with Crippen molar-refractivity contribution in [2.75, 3.05) is 7.05 Å². The second-order valence-corrected chi connectivity index (χ2v) is 3.76. The quantitative estimate of drug-likeness (QED) is 0.591. The van der Waals surface area contributed by atoms with Gasteiger partial charge in [0.2, 0.25) is 0 Å². The summed E-state index contributed by atoms with van der Waals surface area (Å²) in [6.45, 7) is 0. The third kappa shape index (κ3) is 3.01. The number of carboxylic acids is 1. The van der Waals surface area contributed by atoms with E-state index in [0.717, 1.165) is 11.8 Å². The molecule has 0 heterocycles. The molecule has 0 bridgehead atoms. The lowest BCUT2D eigenvalue weighted by Gasteiger charge is -2.09. The monoisotopic (exact) mass is 215 g/mol. The first-order valence-corrected chi connectivity index (χ1v) is 4.83. The van der Waals surface area contributed by atoms with Gasteiger partial charge in [0.15, 0.2) is 5.37 Å². The van der Waals surface area contributed by atoms with Crippen LogP contribution in [0.1, 0.15) is 0 Å². The van der Waals surface area contributed by atoms with Gasteiger partial charge < -0.3 is 5.11 Å². The van der Waals surface area contributed by atoms with Gasteiger partial charge in [-0.3, -0.25) is 5.32 Å². The maximum atomic E-state index is 12.5. The molecule has 0 aliphatic carbocycles. The molecule has 0 aromatic heterocycles. The third-order valence-electron chi connectivity index (χ3n) is 1.55. The molecular weight excluding hydrogens is 205 g/mol. The van der Waals surface area contributed by atoms with Crippen molar-refractivity contribution in [1.29, 1.82) is 0 Å². The van der Waals surface area contributed by atoms with Crippen molar-refractivity contribution < 1.29 is 14.3 Å². The van der Waals surface area contributed by atoms with Crippen LogP contribution in [0.4, 0.5) is 4.39 Å². The average Bonchev–Trinajstić information content (AvgIpc) is 2.16. The van der Waals surface area contributed by atoms with E-state index in [9.17, 15) is 9.18 Å². The molecule has 3 nitrogen and oxygen atoms in total. The van der Waals surface area contributed by atoms with E-state index in [-0.39, 0.29) is 5.82 Å². The van der Waals surface area contributed by atoms with E-state index in [2.05, 4.69) is 5.32 Å². The van der Waals surface area contributed by atoms with Crippen LogP contribution in [-0.4, -0.2) is 23.5 Å². The Morgan fingerprint density at radius 2 is 2.07 bits per heavy atom. The van der Waals surface area contributed by atoms with Gasteiger partial charge in [0.05, 0.1) is 0 Å². The Bertz CT molecular complexity index is 315. The smallest absolute Gasteiger partial charge is 0.331 e. The molecule has 1 atom stereocenters. The van der Waals surface area contributed by atoms with E-state index in [0.29, 0.717) is 4.90 Å². The van der Waals surface area contributed by atoms with Crippen LogP contribution in [0.15, 0.2) is 29.2 Å². The number of carbonyl (C=O) groups is 1. The predicted octanol–water partition coefficient (Wildman–Crippen LogP) is 1.55. The molecule has 0 aliphatic heterocycles. The number of nitrogens with one attached hydrogen (secondary N) is 1. The fourth-order valence-electron chi connectivity index (χ4n) is 0.882. The minimum atomic E-state index is -0.943. The summed E-state index contributed by atoms with van der Waals surface area (Å²) in [5.41, 5.74) is 0. The average molecular weight is 215 g/mol. The number of carboxylic acid groups (broad SMARTS) is 1. The summed E-state index contributed by atoms with van der Waals surface area (Å²) in [4.78, 5) is 11.4. The summed E-state index contributed by atoms with van der Waals surface area (Å²) in [7, 11) is 1.56. The number of hydrogen-bond donors (Lipinski definition) is 2. The maximum Gasteiger partial charge on any atom is 0.331 e. The van der Waals surface area contributed by atoms with Gasteiger partial charge in [0, 0.05) is 4.90 Å². The van der Waals surface area contributed by atoms with Crippen LogP contribution < -0.4 is 5.32 Å². The molecule has 0 amide bonds. The number of thioether (sulfide) groups is 1. The van der Waals surface area contributed by atoms with Crippen LogP contribution in [0.3, 0.4) is 0 Å². The van der Waals surface area contributed by atoms with Crippen LogP contribution in [0.5, 0.6) is 0 Å². The molecule has 5 heteroatoms. The molecule has 0 saturated carbocycles. The van der Waals surface area contributed by atoms with Crippen molar-refractivity contribution in [3.63, 3.8) is 0 Å². The highest BCUT2D eigenvalue weighted by molar-refractivity contribution is 8.00. The van der Waals surface area contributed by atoms with Gasteiger partial charge in [-0.05, 0) is 31.3 Å². The highest BCUT2D eigenvalue weighted by atomic mass is 32.2. The largest absolute Gasteiger partial charge is 0.479 e. The Balaban J connectivity index is 2.67. The minimum absolute atomic E-state index is 0.328. The van der Waals surface area contributed by atoms with Gasteiger partial charge in [0.25, 0.3) is 0 Å². The van der Waals surface area contributed by atoms with Gasteiger partial charge in [-0.15, -0.1) is 0 Å². The molecule has 76 valence electrons.